The number of thiophene rings is 1. The normalized spacial score (nSPS) is 14.5. The predicted molar refractivity (Wildman–Crippen MR) is 133 cm³/mol. The predicted octanol–water partition coefficient (Wildman–Crippen LogP) is 5.51. The van der Waals surface area contributed by atoms with Gasteiger partial charge in [-0.3, -0.25) is 9.59 Å². The van der Waals surface area contributed by atoms with E-state index in [4.69, 9.17) is 11.6 Å². The summed E-state index contributed by atoms with van der Waals surface area (Å²) in [5.74, 6) is -0.0146. The van der Waals surface area contributed by atoms with Gasteiger partial charge in [0.2, 0.25) is 5.91 Å². The first-order chi connectivity index (χ1) is 16.1. The van der Waals surface area contributed by atoms with Gasteiger partial charge in [-0.05, 0) is 54.1 Å². The molecule has 1 aliphatic heterocycles. The van der Waals surface area contributed by atoms with Gasteiger partial charge in [0.25, 0.3) is 5.91 Å². The highest BCUT2D eigenvalue weighted by Gasteiger charge is 2.28. The van der Waals surface area contributed by atoms with Crippen LogP contribution in [-0.2, 0) is 11.3 Å². The maximum absolute atomic E-state index is 13.1. The number of aromatic nitrogens is 1. The molecule has 33 heavy (non-hydrogen) atoms. The molecule has 2 aromatic heterocycles. The van der Waals surface area contributed by atoms with E-state index < -0.39 is 0 Å². The molecule has 1 N–H and O–H groups in total. The zero-order chi connectivity index (χ0) is 22.8. The third kappa shape index (κ3) is 4.54. The molecule has 0 saturated carbocycles. The van der Waals surface area contributed by atoms with Crippen LogP contribution in [0.2, 0.25) is 5.02 Å². The van der Waals surface area contributed by atoms with Gasteiger partial charge >= 0.3 is 0 Å². The summed E-state index contributed by atoms with van der Waals surface area (Å²) in [5, 5.41) is 5.84. The van der Waals surface area contributed by atoms with Crippen molar-refractivity contribution in [2.75, 3.05) is 13.1 Å². The lowest BCUT2D eigenvalue weighted by Gasteiger charge is -2.31. The van der Waals surface area contributed by atoms with Crippen molar-refractivity contribution < 1.29 is 9.59 Å². The van der Waals surface area contributed by atoms with Crippen LogP contribution < -0.4 is 5.32 Å². The van der Waals surface area contributed by atoms with Gasteiger partial charge in [-0.2, -0.15) is 0 Å². The second-order valence-electron chi connectivity index (χ2n) is 8.26. The van der Waals surface area contributed by atoms with E-state index in [1.807, 2.05) is 59.6 Å². The molecule has 4 aromatic rings. The number of amides is 2. The number of para-hydroxylation sites is 1. The minimum atomic E-state index is -0.0818. The van der Waals surface area contributed by atoms with Gasteiger partial charge in [-0.25, -0.2) is 0 Å². The Morgan fingerprint density at radius 3 is 2.55 bits per heavy atom. The highest BCUT2D eigenvalue weighted by Crippen LogP contribution is 2.28. The summed E-state index contributed by atoms with van der Waals surface area (Å²) in [6, 6.07) is 21.7. The van der Waals surface area contributed by atoms with Gasteiger partial charge in [-0.1, -0.05) is 48.0 Å². The Morgan fingerprint density at radius 1 is 0.970 bits per heavy atom. The average Bonchev–Trinajstić information content (AvgIpc) is 3.50. The second kappa shape index (κ2) is 9.41. The number of rotatable bonds is 5. The van der Waals surface area contributed by atoms with E-state index in [0.717, 1.165) is 21.0 Å². The number of nitrogens with zero attached hydrogens (tertiary/aromatic N) is 2. The van der Waals surface area contributed by atoms with Crippen LogP contribution in [0.15, 0.2) is 72.9 Å². The van der Waals surface area contributed by atoms with Crippen LogP contribution in [0.25, 0.3) is 15.9 Å². The monoisotopic (exact) mass is 477 g/mol. The number of carbonyl (C=O) groups excluding carboxylic acids is 2. The minimum Gasteiger partial charge on any atom is -0.352 e. The first-order valence-electron chi connectivity index (χ1n) is 11.1. The van der Waals surface area contributed by atoms with E-state index in [-0.39, 0.29) is 17.7 Å². The molecule has 0 aliphatic carbocycles. The van der Waals surface area contributed by atoms with Crippen molar-refractivity contribution in [2.45, 2.75) is 19.4 Å². The van der Waals surface area contributed by atoms with Crippen LogP contribution in [0.5, 0.6) is 0 Å². The first-order valence-corrected chi connectivity index (χ1v) is 12.3. The number of piperidine rings is 1. The molecule has 7 heteroatoms. The van der Waals surface area contributed by atoms with Crippen LogP contribution in [0, 0.1) is 5.92 Å². The largest absolute Gasteiger partial charge is 0.352 e. The van der Waals surface area contributed by atoms with E-state index >= 15 is 0 Å². The summed E-state index contributed by atoms with van der Waals surface area (Å²) >= 11 is 7.67. The molecule has 1 aliphatic rings. The summed E-state index contributed by atoms with van der Waals surface area (Å²) in [6.45, 7) is 1.59. The quantitative estimate of drug-likeness (QED) is 0.412. The zero-order valence-electron chi connectivity index (χ0n) is 18.0. The minimum absolute atomic E-state index is 0.0277. The maximum atomic E-state index is 13.1. The van der Waals surface area contributed by atoms with Gasteiger partial charge in [0.15, 0.2) is 0 Å². The molecule has 5 nitrogen and oxygen atoms in total. The molecular formula is C26H24ClN3O2S. The summed E-state index contributed by atoms with van der Waals surface area (Å²) in [5.41, 5.74) is 2.03. The Labute approximate surface area is 201 Å². The maximum Gasteiger partial charge on any atom is 0.263 e. The van der Waals surface area contributed by atoms with Crippen molar-refractivity contribution >= 4 is 45.7 Å². The Morgan fingerprint density at radius 2 is 1.73 bits per heavy atom. The van der Waals surface area contributed by atoms with Crippen LogP contribution in [0.1, 0.15) is 28.1 Å². The fraction of sp³-hybridized carbons (Fsp3) is 0.231. The van der Waals surface area contributed by atoms with Gasteiger partial charge in [0.05, 0.1) is 10.4 Å². The average molecular weight is 478 g/mol. The lowest BCUT2D eigenvalue weighted by atomic mass is 9.95. The van der Waals surface area contributed by atoms with Crippen LogP contribution >= 0.6 is 22.9 Å². The Bertz CT molecular complexity index is 1300. The molecule has 2 amide bonds. The highest BCUT2D eigenvalue weighted by atomic mass is 35.5. The number of benzene rings is 2. The van der Waals surface area contributed by atoms with Crippen molar-refractivity contribution in [3.8, 4) is 5.00 Å². The number of nitrogens with one attached hydrogen (secondary N) is 1. The molecule has 0 atom stereocenters. The van der Waals surface area contributed by atoms with Crippen molar-refractivity contribution in [1.82, 2.24) is 14.8 Å². The molecule has 0 unspecified atom stereocenters. The third-order valence-electron chi connectivity index (χ3n) is 6.20. The van der Waals surface area contributed by atoms with Gasteiger partial charge in [-0.15, -0.1) is 11.3 Å². The fourth-order valence-corrected chi connectivity index (χ4v) is 5.49. The lowest BCUT2D eigenvalue weighted by Crippen LogP contribution is -2.42. The Hall–Kier alpha value is -3.09. The molecule has 1 saturated heterocycles. The Kier molecular flexibility index (Phi) is 6.20. The van der Waals surface area contributed by atoms with Crippen LogP contribution in [-0.4, -0.2) is 34.4 Å². The van der Waals surface area contributed by atoms with E-state index in [2.05, 4.69) is 28.1 Å². The van der Waals surface area contributed by atoms with Crippen LogP contribution in [0.4, 0.5) is 0 Å². The molecule has 2 aromatic carbocycles. The van der Waals surface area contributed by atoms with Gasteiger partial charge in [0, 0.05) is 36.8 Å². The number of halogens is 1. The van der Waals surface area contributed by atoms with E-state index in [1.165, 1.54) is 16.7 Å². The third-order valence-corrected chi connectivity index (χ3v) is 7.64. The van der Waals surface area contributed by atoms with E-state index in [1.54, 1.807) is 0 Å². The van der Waals surface area contributed by atoms with Crippen molar-refractivity contribution in [3.63, 3.8) is 0 Å². The zero-order valence-corrected chi connectivity index (χ0v) is 19.6. The van der Waals surface area contributed by atoms with Crippen LogP contribution in [0.3, 0.4) is 0 Å². The SMILES string of the molecule is O=C(NCc1ccccc1Cl)C1CCN(C(=O)c2ccc(-n3ccc4ccccc43)s2)CC1. The van der Waals surface area contributed by atoms with Gasteiger partial charge < -0.3 is 14.8 Å². The standard InChI is InChI=1S/C26H24ClN3O2S/c27-21-7-3-1-6-20(21)17-28-25(31)19-11-14-29(15-12-19)26(32)23-9-10-24(33-23)30-16-13-18-5-2-4-8-22(18)30/h1-10,13,16,19H,11-12,14-15,17H2,(H,28,31). The van der Waals surface area contributed by atoms with Crippen molar-refractivity contribution in [2.24, 2.45) is 5.92 Å². The molecule has 0 spiro atoms. The number of likely N-dealkylation sites (tertiary alicyclic amines) is 1. The molecule has 0 radical (unpaired) electrons. The molecule has 0 bridgehead atoms. The molecule has 5 rings (SSSR count). The smallest absolute Gasteiger partial charge is 0.263 e. The summed E-state index contributed by atoms with van der Waals surface area (Å²) in [6.07, 6.45) is 3.37. The topological polar surface area (TPSA) is 54.3 Å². The second-order valence-corrected chi connectivity index (χ2v) is 9.73. The fourth-order valence-electron chi connectivity index (χ4n) is 4.32. The molecule has 3 heterocycles. The van der Waals surface area contributed by atoms with Crippen molar-refractivity contribution in [3.05, 3.63) is 88.4 Å². The first kappa shape index (κ1) is 21.7. The Balaban J connectivity index is 1.18. The van der Waals surface area contributed by atoms with Crippen molar-refractivity contribution in [1.29, 1.82) is 0 Å². The highest BCUT2D eigenvalue weighted by molar-refractivity contribution is 7.16. The van der Waals surface area contributed by atoms with E-state index in [0.29, 0.717) is 37.5 Å². The van der Waals surface area contributed by atoms with E-state index in [9.17, 15) is 9.59 Å². The number of fused-ring (bicyclic) bond motifs is 1. The summed E-state index contributed by atoms with van der Waals surface area (Å²) < 4.78 is 2.12. The number of carbonyl (C=O) groups is 2. The molecule has 1 fully saturated rings. The summed E-state index contributed by atoms with van der Waals surface area (Å²) in [7, 11) is 0. The number of hydrogen-bond donors (Lipinski definition) is 1. The molecule has 168 valence electrons. The lowest BCUT2D eigenvalue weighted by molar-refractivity contribution is -0.126. The molecular weight excluding hydrogens is 454 g/mol. The number of hydrogen-bond acceptors (Lipinski definition) is 3. The van der Waals surface area contributed by atoms with Gasteiger partial charge in [0.1, 0.15) is 5.00 Å². The summed E-state index contributed by atoms with van der Waals surface area (Å²) in [4.78, 5) is 28.3.